The van der Waals surface area contributed by atoms with Gasteiger partial charge in [-0.15, -0.1) is 0 Å². The zero-order valence-corrected chi connectivity index (χ0v) is 19.0. The van der Waals surface area contributed by atoms with Crippen molar-refractivity contribution in [3.8, 4) is 17.2 Å². The number of rotatable bonds is 6. The molecule has 1 aliphatic rings. The topological polar surface area (TPSA) is 108 Å². The summed E-state index contributed by atoms with van der Waals surface area (Å²) >= 11 is 0. The van der Waals surface area contributed by atoms with Crippen LogP contribution in [0.1, 0.15) is 35.0 Å². The Bertz CT molecular complexity index is 1340. The number of piperidine rings is 1. The maximum absolute atomic E-state index is 13.4. The minimum Gasteiger partial charge on any atom is -0.497 e. The lowest BCUT2D eigenvalue weighted by Gasteiger charge is -2.31. The number of non-ortho nitro benzene ring substituents is 1. The van der Waals surface area contributed by atoms with Gasteiger partial charge in [-0.25, -0.2) is 4.98 Å². The molecule has 0 atom stereocenters. The van der Waals surface area contributed by atoms with Gasteiger partial charge < -0.3 is 18.8 Å². The highest BCUT2D eigenvalue weighted by molar-refractivity contribution is 5.97. The van der Waals surface area contributed by atoms with Crippen LogP contribution in [-0.4, -0.2) is 40.9 Å². The molecular formula is C26H23N3O6. The van der Waals surface area contributed by atoms with Crippen molar-refractivity contribution in [2.75, 3.05) is 20.2 Å². The summed E-state index contributed by atoms with van der Waals surface area (Å²) in [7, 11) is 1.57. The van der Waals surface area contributed by atoms with Crippen LogP contribution in [0.3, 0.4) is 0 Å². The summed E-state index contributed by atoms with van der Waals surface area (Å²) in [6.45, 7) is 0.958. The van der Waals surface area contributed by atoms with Gasteiger partial charge >= 0.3 is 0 Å². The average molecular weight is 473 g/mol. The van der Waals surface area contributed by atoms with Crippen LogP contribution in [0.4, 0.5) is 5.69 Å². The summed E-state index contributed by atoms with van der Waals surface area (Å²) < 4.78 is 17.0. The van der Waals surface area contributed by atoms with Crippen LogP contribution in [0.25, 0.3) is 11.1 Å². The van der Waals surface area contributed by atoms with Gasteiger partial charge in [0, 0.05) is 31.1 Å². The first-order chi connectivity index (χ1) is 17.0. The Labute approximate surface area is 201 Å². The average Bonchev–Trinajstić information content (AvgIpc) is 3.33. The number of aromatic nitrogens is 1. The zero-order chi connectivity index (χ0) is 24.4. The molecule has 35 heavy (non-hydrogen) atoms. The second kappa shape index (κ2) is 9.46. The number of carbonyl (C=O) groups is 1. The first-order valence-electron chi connectivity index (χ1n) is 11.3. The minimum atomic E-state index is -0.520. The molecular weight excluding hydrogens is 450 g/mol. The molecule has 0 saturated carbocycles. The number of amides is 1. The molecule has 0 spiro atoms. The maximum atomic E-state index is 13.4. The summed E-state index contributed by atoms with van der Waals surface area (Å²) in [5, 5.41) is 11.4. The molecule has 1 aliphatic heterocycles. The zero-order valence-electron chi connectivity index (χ0n) is 19.0. The molecule has 1 amide bonds. The third-order valence-corrected chi connectivity index (χ3v) is 6.13. The largest absolute Gasteiger partial charge is 0.497 e. The molecule has 3 aromatic carbocycles. The van der Waals surface area contributed by atoms with E-state index in [1.165, 1.54) is 18.2 Å². The lowest BCUT2D eigenvalue weighted by molar-refractivity contribution is -0.384. The van der Waals surface area contributed by atoms with E-state index in [9.17, 15) is 14.9 Å². The minimum absolute atomic E-state index is 0.103. The van der Waals surface area contributed by atoms with Crippen molar-refractivity contribution in [1.82, 2.24) is 9.88 Å². The fourth-order valence-electron chi connectivity index (χ4n) is 4.22. The highest BCUT2D eigenvalue weighted by atomic mass is 16.6. The van der Waals surface area contributed by atoms with Gasteiger partial charge in [-0.2, -0.15) is 0 Å². The van der Waals surface area contributed by atoms with E-state index in [0.29, 0.717) is 43.3 Å². The molecule has 2 heterocycles. The van der Waals surface area contributed by atoms with Gasteiger partial charge in [-0.1, -0.05) is 12.1 Å². The second-order valence-corrected chi connectivity index (χ2v) is 8.30. The number of carbonyl (C=O) groups excluding carboxylic acids is 1. The highest BCUT2D eigenvalue weighted by Crippen LogP contribution is 2.34. The Morgan fingerprint density at radius 3 is 2.46 bits per heavy atom. The first kappa shape index (κ1) is 22.4. The molecule has 0 unspecified atom stereocenters. The van der Waals surface area contributed by atoms with Crippen LogP contribution in [0, 0.1) is 10.1 Å². The molecule has 0 bridgehead atoms. The number of likely N-dealkylation sites (tertiary alicyclic amines) is 1. The van der Waals surface area contributed by atoms with Crippen molar-refractivity contribution in [2.45, 2.75) is 18.8 Å². The third-order valence-electron chi connectivity index (χ3n) is 6.13. The molecule has 5 rings (SSSR count). The van der Waals surface area contributed by atoms with Crippen molar-refractivity contribution >= 4 is 22.7 Å². The van der Waals surface area contributed by atoms with E-state index >= 15 is 0 Å². The monoisotopic (exact) mass is 473 g/mol. The standard InChI is InChI=1S/C26H23N3O6/c1-33-19-7-9-20(10-8-19)34-23-11-6-18(29(31)32)16-21(23)26(30)28-14-12-17(13-15-28)25-27-22-4-2-3-5-24(22)35-25/h2-11,16-17H,12-15H2,1H3. The number of benzene rings is 3. The van der Waals surface area contributed by atoms with Gasteiger partial charge in [-0.05, 0) is 55.3 Å². The number of fused-ring (bicyclic) bond motifs is 1. The van der Waals surface area contributed by atoms with Gasteiger partial charge in [0.2, 0.25) is 0 Å². The van der Waals surface area contributed by atoms with E-state index in [2.05, 4.69) is 4.98 Å². The number of oxazole rings is 1. The molecule has 4 aromatic rings. The highest BCUT2D eigenvalue weighted by Gasteiger charge is 2.30. The molecule has 1 aromatic heterocycles. The number of nitro groups is 1. The Morgan fingerprint density at radius 1 is 1.06 bits per heavy atom. The normalized spacial score (nSPS) is 14.1. The van der Waals surface area contributed by atoms with Crippen molar-refractivity contribution in [3.05, 3.63) is 88.3 Å². The number of nitrogens with zero attached hydrogens (tertiary/aromatic N) is 3. The van der Waals surface area contributed by atoms with E-state index in [1.807, 2.05) is 24.3 Å². The molecule has 1 fully saturated rings. The number of nitro benzene ring substituents is 1. The number of hydrogen-bond acceptors (Lipinski definition) is 7. The summed E-state index contributed by atoms with van der Waals surface area (Å²) in [5.41, 5.74) is 1.54. The fraction of sp³-hybridized carbons (Fsp3) is 0.231. The van der Waals surface area contributed by atoms with E-state index in [4.69, 9.17) is 13.9 Å². The molecule has 1 saturated heterocycles. The number of ether oxygens (including phenoxy) is 2. The van der Waals surface area contributed by atoms with Gasteiger partial charge in [-0.3, -0.25) is 14.9 Å². The quantitative estimate of drug-likeness (QED) is 0.267. The summed E-state index contributed by atoms with van der Waals surface area (Å²) in [6.07, 6.45) is 1.37. The molecule has 0 radical (unpaired) electrons. The molecule has 9 heteroatoms. The van der Waals surface area contributed by atoms with E-state index < -0.39 is 4.92 Å². The van der Waals surface area contributed by atoms with Crippen LogP contribution in [0.2, 0.25) is 0 Å². The number of hydrogen-bond donors (Lipinski definition) is 0. The van der Waals surface area contributed by atoms with Gasteiger partial charge in [0.1, 0.15) is 22.8 Å². The van der Waals surface area contributed by atoms with Crippen molar-refractivity contribution in [3.63, 3.8) is 0 Å². The first-order valence-corrected chi connectivity index (χ1v) is 11.3. The number of para-hydroxylation sites is 2. The maximum Gasteiger partial charge on any atom is 0.270 e. The lowest BCUT2D eigenvalue weighted by Crippen LogP contribution is -2.38. The van der Waals surface area contributed by atoms with Gasteiger partial charge in [0.15, 0.2) is 11.5 Å². The van der Waals surface area contributed by atoms with E-state index in [-0.39, 0.29) is 28.8 Å². The third kappa shape index (κ3) is 4.65. The lowest BCUT2D eigenvalue weighted by atomic mass is 9.96. The fourth-order valence-corrected chi connectivity index (χ4v) is 4.22. The Morgan fingerprint density at radius 2 is 1.77 bits per heavy atom. The Balaban J connectivity index is 1.34. The molecule has 178 valence electrons. The van der Waals surface area contributed by atoms with Crippen molar-refractivity contribution in [2.24, 2.45) is 0 Å². The Hall–Kier alpha value is -4.40. The smallest absolute Gasteiger partial charge is 0.270 e. The van der Waals surface area contributed by atoms with E-state index in [0.717, 1.165) is 11.1 Å². The van der Waals surface area contributed by atoms with Crippen LogP contribution >= 0.6 is 0 Å². The molecule has 0 aliphatic carbocycles. The summed E-state index contributed by atoms with van der Waals surface area (Å²) in [6, 6.07) is 18.6. The van der Waals surface area contributed by atoms with Crippen molar-refractivity contribution < 1.29 is 23.6 Å². The second-order valence-electron chi connectivity index (χ2n) is 8.30. The number of methoxy groups -OCH3 is 1. The van der Waals surface area contributed by atoms with Crippen LogP contribution < -0.4 is 9.47 Å². The van der Waals surface area contributed by atoms with Gasteiger partial charge in [0.05, 0.1) is 17.6 Å². The van der Waals surface area contributed by atoms with Crippen molar-refractivity contribution in [1.29, 1.82) is 0 Å². The Kier molecular flexibility index (Phi) is 6.05. The van der Waals surface area contributed by atoms with Crippen LogP contribution in [0.5, 0.6) is 17.2 Å². The van der Waals surface area contributed by atoms with E-state index in [1.54, 1.807) is 36.3 Å². The summed E-state index contributed by atoms with van der Waals surface area (Å²) in [5.74, 6) is 1.88. The molecule has 9 nitrogen and oxygen atoms in total. The predicted molar refractivity (Wildman–Crippen MR) is 128 cm³/mol. The SMILES string of the molecule is COc1ccc(Oc2ccc([N+](=O)[O-])cc2C(=O)N2CCC(c3nc4ccccc4o3)CC2)cc1. The van der Waals surface area contributed by atoms with Crippen LogP contribution in [-0.2, 0) is 0 Å². The van der Waals surface area contributed by atoms with Gasteiger partial charge in [0.25, 0.3) is 11.6 Å². The summed E-state index contributed by atoms with van der Waals surface area (Å²) in [4.78, 5) is 30.6. The van der Waals surface area contributed by atoms with Crippen LogP contribution in [0.15, 0.2) is 71.1 Å². The predicted octanol–water partition coefficient (Wildman–Crippen LogP) is 5.56. The molecule has 0 N–H and O–H groups in total.